The van der Waals surface area contributed by atoms with Gasteiger partial charge in [0.15, 0.2) is 0 Å². The van der Waals surface area contributed by atoms with E-state index in [0.717, 1.165) is 34.7 Å². The highest BCUT2D eigenvalue weighted by Crippen LogP contribution is 2.46. The van der Waals surface area contributed by atoms with Crippen molar-refractivity contribution in [2.45, 2.75) is 92.9 Å². The van der Waals surface area contributed by atoms with Gasteiger partial charge in [-0.05, 0) is 46.6 Å². The molecule has 3 nitrogen and oxygen atoms in total. The van der Waals surface area contributed by atoms with Crippen molar-refractivity contribution in [2.24, 2.45) is 10.8 Å². The molecule has 0 aliphatic heterocycles. The predicted octanol–water partition coefficient (Wildman–Crippen LogP) is 8.42. The Morgan fingerprint density at radius 3 is 1.19 bits per heavy atom. The zero-order valence-electron chi connectivity index (χ0n) is 21.0. The van der Waals surface area contributed by atoms with Crippen LogP contribution in [0.1, 0.15) is 93.2 Å². The van der Waals surface area contributed by atoms with Crippen LogP contribution in [0.5, 0.6) is 11.5 Å². The summed E-state index contributed by atoms with van der Waals surface area (Å²) in [6.45, 7) is 22.1. The maximum Gasteiger partial charge on any atom is 0.139 e. The molecule has 2 N–H and O–H groups in total. The molecule has 3 heteroatoms. The minimum atomic E-state index is -0.189. The Morgan fingerprint density at radius 2 is 0.903 bits per heavy atom. The average Bonchev–Trinajstić information content (AvgIpc) is 2.84. The molecule has 0 spiro atoms. The van der Waals surface area contributed by atoms with E-state index in [1.807, 2.05) is 0 Å². The smallest absolute Gasteiger partial charge is 0.139 e. The van der Waals surface area contributed by atoms with E-state index in [1.165, 1.54) is 0 Å². The lowest BCUT2D eigenvalue weighted by atomic mass is 9.71. The Balaban J connectivity index is 2.23. The SMILES string of the molecule is CC(C)(C)CC(C)(C)c1cc2c(cc1O)oc1cc(O)c(C(C)(C)CC(C)(C)C)cc12. The number of phenolic OH excluding ortho intramolecular Hbond substituents is 2. The van der Waals surface area contributed by atoms with Crippen LogP contribution in [0, 0.1) is 10.8 Å². The second-order valence-corrected chi connectivity index (χ2v) is 13.1. The third kappa shape index (κ3) is 4.86. The van der Waals surface area contributed by atoms with Gasteiger partial charge >= 0.3 is 0 Å². The van der Waals surface area contributed by atoms with Crippen LogP contribution < -0.4 is 0 Å². The molecule has 1 heterocycles. The lowest BCUT2D eigenvalue weighted by Gasteiger charge is -2.33. The van der Waals surface area contributed by atoms with Crippen molar-refractivity contribution in [3.8, 4) is 11.5 Å². The van der Waals surface area contributed by atoms with Gasteiger partial charge in [-0.25, -0.2) is 0 Å². The van der Waals surface area contributed by atoms with E-state index >= 15 is 0 Å². The fraction of sp³-hybridized carbons (Fsp3) is 0.571. The van der Waals surface area contributed by atoms with Gasteiger partial charge in [-0.2, -0.15) is 0 Å². The van der Waals surface area contributed by atoms with Crippen molar-refractivity contribution in [3.63, 3.8) is 0 Å². The summed E-state index contributed by atoms with van der Waals surface area (Å²) in [5.41, 5.74) is 3.05. The van der Waals surface area contributed by atoms with Gasteiger partial charge in [0.1, 0.15) is 22.7 Å². The first-order chi connectivity index (χ1) is 13.9. The van der Waals surface area contributed by atoms with Crippen LogP contribution in [0.2, 0.25) is 0 Å². The molecule has 0 unspecified atom stereocenters. The lowest BCUT2D eigenvalue weighted by molar-refractivity contribution is 0.278. The van der Waals surface area contributed by atoms with Gasteiger partial charge in [-0.1, -0.05) is 69.2 Å². The molecule has 0 amide bonds. The molecule has 0 fully saturated rings. The minimum Gasteiger partial charge on any atom is -0.508 e. The third-order valence-corrected chi connectivity index (χ3v) is 6.11. The summed E-state index contributed by atoms with van der Waals surface area (Å²) >= 11 is 0. The zero-order valence-corrected chi connectivity index (χ0v) is 21.0. The monoisotopic (exact) mass is 424 g/mol. The van der Waals surface area contributed by atoms with Crippen molar-refractivity contribution >= 4 is 21.9 Å². The number of hydrogen-bond acceptors (Lipinski definition) is 3. The molecule has 170 valence electrons. The Hall–Kier alpha value is -2.16. The van der Waals surface area contributed by atoms with Gasteiger partial charge in [0.05, 0.1) is 0 Å². The number of hydrogen-bond donors (Lipinski definition) is 2. The van der Waals surface area contributed by atoms with Gasteiger partial charge in [0.25, 0.3) is 0 Å². The quantitative estimate of drug-likeness (QED) is 0.442. The second kappa shape index (κ2) is 7.18. The lowest BCUT2D eigenvalue weighted by Crippen LogP contribution is -2.25. The van der Waals surface area contributed by atoms with Crippen molar-refractivity contribution in [1.29, 1.82) is 0 Å². The summed E-state index contributed by atoms with van der Waals surface area (Å²) in [5, 5.41) is 23.6. The van der Waals surface area contributed by atoms with Crippen LogP contribution in [0.4, 0.5) is 0 Å². The zero-order chi connectivity index (χ0) is 23.6. The van der Waals surface area contributed by atoms with Gasteiger partial charge in [-0.3, -0.25) is 0 Å². The van der Waals surface area contributed by atoms with Crippen molar-refractivity contribution in [2.75, 3.05) is 0 Å². The Labute approximate surface area is 187 Å². The number of furan rings is 1. The summed E-state index contributed by atoms with van der Waals surface area (Å²) in [6, 6.07) is 7.62. The molecular weight excluding hydrogens is 384 g/mol. The highest BCUT2D eigenvalue weighted by atomic mass is 16.3. The summed E-state index contributed by atoms with van der Waals surface area (Å²) in [6.07, 6.45) is 1.89. The van der Waals surface area contributed by atoms with E-state index in [9.17, 15) is 10.2 Å². The molecule has 1 aromatic heterocycles. The Kier molecular flexibility index (Phi) is 5.45. The van der Waals surface area contributed by atoms with Crippen molar-refractivity contribution < 1.29 is 14.6 Å². The first-order valence-electron chi connectivity index (χ1n) is 11.3. The molecule has 0 saturated carbocycles. The van der Waals surface area contributed by atoms with E-state index < -0.39 is 0 Å². The van der Waals surface area contributed by atoms with E-state index in [4.69, 9.17) is 4.42 Å². The number of fused-ring (bicyclic) bond motifs is 3. The maximum atomic E-state index is 10.8. The molecule has 3 rings (SSSR count). The highest BCUT2D eigenvalue weighted by Gasteiger charge is 2.32. The van der Waals surface area contributed by atoms with Crippen LogP contribution in [-0.2, 0) is 10.8 Å². The van der Waals surface area contributed by atoms with E-state index in [2.05, 4.69) is 81.4 Å². The molecule has 31 heavy (non-hydrogen) atoms. The molecule has 0 aliphatic rings. The second-order valence-electron chi connectivity index (χ2n) is 13.1. The Bertz CT molecular complexity index is 1030. The highest BCUT2D eigenvalue weighted by molar-refractivity contribution is 6.06. The largest absolute Gasteiger partial charge is 0.508 e. The maximum absolute atomic E-state index is 10.8. The topological polar surface area (TPSA) is 53.6 Å². The third-order valence-electron chi connectivity index (χ3n) is 6.11. The number of benzene rings is 2. The molecular formula is C28H40O3. The standard InChI is InChI=1S/C28H40O3/c1-25(2,3)15-27(7,8)19-11-17-18-12-20(28(9,10)16-26(4,5)6)22(30)14-24(18)31-23(17)13-21(19)29/h11-14,29-30H,15-16H2,1-10H3. The number of phenols is 2. The molecule has 0 aliphatic carbocycles. The molecule has 0 bridgehead atoms. The fourth-order valence-electron chi connectivity index (χ4n) is 5.77. The summed E-state index contributed by atoms with van der Waals surface area (Å²) in [4.78, 5) is 0. The van der Waals surface area contributed by atoms with Crippen molar-refractivity contribution in [3.05, 3.63) is 35.4 Å². The van der Waals surface area contributed by atoms with E-state index in [1.54, 1.807) is 12.1 Å². The first-order valence-corrected chi connectivity index (χ1v) is 11.3. The fourth-order valence-corrected chi connectivity index (χ4v) is 5.77. The van der Waals surface area contributed by atoms with E-state index in [0.29, 0.717) is 11.2 Å². The van der Waals surface area contributed by atoms with Crippen LogP contribution in [0.3, 0.4) is 0 Å². The van der Waals surface area contributed by atoms with Crippen LogP contribution in [0.25, 0.3) is 21.9 Å². The summed E-state index contributed by atoms with van der Waals surface area (Å²) in [7, 11) is 0. The summed E-state index contributed by atoms with van der Waals surface area (Å²) < 4.78 is 6.03. The Morgan fingerprint density at radius 1 is 0.581 bits per heavy atom. The summed E-state index contributed by atoms with van der Waals surface area (Å²) in [5.74, 6) is 0.525. The minimum absolute atomic E-state index is 0.138. The van der Waals surface area contributed by atoms with Gasteiger partial charge in [0.2, 0.25) is 0 Å². The van der Waals surface area contributed by atoms with E-state index in [-0.39, 0.29) is 33.2 Å². The predicted molar refractivity (Wildman–Crippen MR) is 131 cm³/mol. The first kappa shape index (κ1) is 23.5. The molecule has 0 atom stereocenters. The van der Waals surface area contributed by atoms with Gasteiger partial charge in [-0.15, -0.1) is 0 Å². The number of aromatic hydroxyl groups is 2. The molecule has 2 aromatic carbocycles. The van der Waals surface area contributed by atoms with Gasteiger partial charge in [0, 0.05) is 34.0 Å². The van der Waals surface area contributed by atoms with Crippen LogP contribution in [0.15, 0.2) is 28.7 Å². The van der Waals surface area contributed by atoms with Crippen LogP contribution >= 0.6 is 0 Å². The van der Waals surface area contributed by atoms with Crippen LogP contribution in [-0.4, -0.2) is 10.2 Å². The molecule has 0 radical (unpaired) electrons. The normalized spacial score (nSPS) is 14.0. The average molecular weight is 425 g/mol. The van der Waals surface area contributed by atoms with Crippen molar-refractivity contribution in [1.82, 2.24) is 0 Å². The molecule has 3 aromatic rings. The van der Waals surface area contributed by atoms with Gasteiger partial charge < -0.3 is 14.6 Å². The number of rotatable bonds is 4. The molecule has 0 saturated heterocycles.